The number of benzene rings is 1. The normalized spacial score (nSPS) is 10.1. The molecule has 0 spiro atoms. The highest BCUT2D eigenvalue weighted by molar-refractivity contribution is 5.95. The second-order valence-corrected chi connectivity index (χ2v) is 4.17. The van der Waals surface area contributed by atoms with E-state index in [2.05, 4.69) is 10.3 Å². The number of nitrogens with one attached hydrogen (secondary N) is 1. The number of rotatable bonds is 4. The minimum absolute atomic E-state index is 0.0443. The zero-order valence-corrected chi connectivity index (χ0v) is 10.5. The molecule has 2 aromatic rings. The highest BCUT2D eigenvalue weighted by Gasteiger charge is 2.15. The zero-order valence-electron chi connectivity index (χ0n) is 10.5. The Kier molecular flexibility index (Phi) is 3.60. The molecule has 1 heterocycles. The lowest BCUT2D eigenvalue weighted by Crippen LogP contribution is -2.04. The van der Waals surface area contributed by atoms with Crippen molar-refractivity contribution in [2.45, 2.75) is 6.92 Å². The molecule has 7 heteroatoms. The summed E-state index contributed by atoms with van der Waals surface area (Å²) in [5.41, 5.74) is 1.37. The summed E-state index contributed by atoms with van der Waals surface area (Å²) in [5, 5.41) is 22.7. The first-order valence-electron chi connectivity index (χ1n) is 5.68. The smallest absolute Gasteiger partial charge is 0.337 e. The van der Waals surface area contributed by atoms with E-state index < -0.39 is 10.9 Å². The number of aryl methyl sites for hydroxylation is 1. The van der Waals surface area contributed by atoms with Crippen molar-refractivity contribution in [3.05, 3.63) is 57.9 Å². The lowest BCUT2D eigenvalue weighted by atomic mass is 10.1. The average molecular weight is 273 g/mol. The molecule has 20 heavy (non-hydrogen) atoms. The first-order chi connectivity index (χ1) is 9.47. The molecule has 0 saturated heterocycles. The van der Waals surface area contributed by atoms with Crippen LogP contribution in [0.15, 0.2) is 36.7 Å². The van der Waals surface area contributed by atoms with Gasteiger partial charge in [0.2, 0.25) is 0 Å². The Labute approximate surface area is 114 Å². The number of carboxylic acids is 1. The van der Waals surface area contributed by atoms with E-state index in [0.29, 0.717) is 5.69 Å². The van der Waals surface area contributed by atoms with Crippen molar-refractivity contribution >= 4 is 23.0 Å². The van der Waals surface area contributed by atoms with E-state index in [4.69, 9.17) is 5.11 Å². The molecule has 1 aromatic carbocycles. The first-order valence-corrected chi connectivity index (χ1v) is 5.68. The van der Waals surface area contributed by atoms with Crippen LogP contribution in [0.1, 0.15) is 15.9 Å². The maximum Gasteiger partial charge on any atom is 0.337 e. The van der Waals surface area contributed by atoms with E-state index in [-0.39, 0.29) is 16.9 Å². The number of hydrogen-bond acceptors (Lipinski definition) is 5. The van der Waals surface area contributed by atoms with Crippen LogP contribution in [0.2, 0.25) is 0 Å². The van der Waals surface area contributed by atoms with Crippen LogP contribution in [-0.2, 0) is 0 Å². The number of aromatic carboxylic acids is 1. The molecule has 0 unspecified atom stereocenters. The number of carbonyl (C=O) groups is 1. The molecule has 0 aliphatic heterocycles. The lowest BCUT2D eigenvalue weighted by molar-refractivity contribution is -0.384. The average Bonchev–Trinajstić information content (AvgIpc) is 2.38. The molecular formula is C13H11N3O4. The maximum atomic E-state index is 11.1. The monoisotopic (exact) mass is 273 g/mol. The SMILES string of the molecule is Cc1cncc(Nc2cc([N+](=O)[O-])ccc2C(=O)O)c1. The van der Waals surface area contributed by atoms with Crippen LogP contribution >= 0.6 is 0 Å². The van der Waals surface area contributed by atoms with Gasteiger partial charge in [0.1, 0.15) is 0 Å². The first kappa shape index (κ1) is 13.5. The molecule has 0 aliphatic rings. The van der Waals surface area contributed by atoms with Gasteiger partial charge in [-0.3, -0.25) is 15.1 Å². The summed E-state index contributed by atoms with van der Waals surface area (Å²) in [4.78, 5) is 25.3. The second-order valence-electron chi connectivity index (χ2n) is 4.17. The molecule has 0 aliphatic carbocycles. The topological polar surface area (TPSA) is 105 Å². The molecule has 1 aromatic heterocycles. The number of hydrogen-bond donors (Lipinski definition) is 2. The molecule has 0 bridgehead atoms. The van der Waals surface area contributed by atoms with Crippen molar-refractivity contribution in [3.63, 3.8) is 0 Å². The summed E-state index contributed by atoms with van der Waals surface area (Å²) in [7, 11) is 0. The Hall–Kier alpha value is -2.96. The van der Waals surface area contributed by atoms with E-state index in [0.717, 1.165) is 11.6 Å². The quantitative estimate of drug-likeness (QED) is 0.655. The zero-order chi connectivity index (χ0) is 14.7. The van der Waals surface area contributed by atoms with Gasteiger partial charge in [0.25, 0.3) is 5.69 Å². The van der Waals surface area contributed by atoms with Gasteiger partial charge >= 0.3 is 5.97 Å². The molecule has 0 amide bonds. The van der Waals surface area contributed by atoms with Gasteiger partial charge in [-0.25, -0.2) is 4.79 Å². The molecule has 0 radical (unpaired) electrons. The van der Waals surface area contributed by atoms with Gasteiger partial charge in [-0.15, -0.1) is 0 Å². The van der Waals surface area contributed by atoms with Gasteiger partial charge in [0.05, 0.1) is 28.1 Å². The number of nitro benzene ring substituents is 1. The lowest BCUT2D eigenvalue weighted by Gasteiger charge is -2.09. The minimum Gasteiger partial charge on any atom is -0.478 e. The third-order valence-corrected chi connectivity index (χ3v) is 2.60. The van der Waals surface area contributed by atoms with Gasteiger partial charge in [-0.1, -0.05) is 0 Å². The standard InChI is InChI=1S/C13H11N3O4/c1-8-4-9(7-14-6-8)15-12-5-10(16(19)20)2-3-11(12)13(17)18/h2-7,15H,1H3,(H,17,18). The molecule has 7 nitrogen and oxygen atoms in total. The summed E-state index contributed by atoms with van der Waals surface area (Å²) < 4.78 is 0. The number of non-ortho nitro benzene ring substituents is 1. The fraction of sp³-hybridized carbons (Fsp3) is 0.0769. The van der Waals surface area contributed by atoms with Crippen LogP contribution in [0.4, 0.5) is 17.1 Å². The van der Waals surface area contributed by atoms with Crippen molar-refractivity contribution < 1.29 is 14.8 Å². The predicted octanol–water partition coefficient (Wildman–Crippen LogP) is 2.74. The van der Waals surface area contributed by atoms with Gasteiger partial charge in [-0.05, 0) is 24.6 Å². The van der Waals surface area contributed by atoms with Crippen LogP contribution in [0.25, 0.3) is 0 Å². The number of anilines is 2. The summed E-state index contributed by atoms with van der Waals surface area (Å²) in [6.45, 7) is 1.84. The van der Waals surface area contributed by atoms with Gasteiger partial charge < -0.3 is 10.4 Å². The summed E-state index contributed by atoms with van der Waals surface area (Å²) in [6, 6.07) is 5.30. The molecular weight excluding hydrogens is 262 g/mol. The third-order valence-electron chi connectivity index (χ3n) is 2.60. The molecule has 0 atom stereocenters. The van der Waals surface area contributed by atoms with Crippen molar-refractivity contribution in [2.24, 2.45) is 0 Å². The summed E-state index contributed by atoms with van der Waals surface area (Å²) in [5.74, 6) is -1.16. The Morgan fingerprint density at radius 1 is 1.35 bits per heavy atom. The number of pyridine rings is 1. The van der Waals surface area contributed by atoms with Crippen molar-refractivity contribution in [1.29, 1.82) is 0 Å². The van der Waals surface area contributed by atoms with Crippen molar-refractivity contribution in [3.8, 4) is 0 Å². The van der Waals surface area contributed by atoms with Crippen molar-refractivity contribution in [1.82, 2.24) is 4.98 Å². The molecule has 2 N–H and O–H groups in total. The largest absolute Gasteiger partial charge is 0.478 e. The number of aromatic nitrogens is 1. The van der Waals surface area contributed by atoms with Crippen molar-refractivity contribution in [2.75, 3.05) is 5.32 Å². The molecule has 2 rings (SSSR count). The maximum absolute atomic E-state index is 11.1. The van der Waals surface area contributed by atoms with Gasteiger partial charge in [0, 0.05) is 18.3 Å². The Bertz CT molecular complexity index is 685. The number of carboxylic acid groups (broad SMARTS) is 1. The van der Waals surface area contributed by atoms with Crippen LogP contribution in [0.3, 0.4) is 0 Å². The molecule has 0 saturated carbocycles. The van der Waals surface area contributed by atoms with E-state index in [1.165, 1.54) is 18.3 Å². The van der Waals surface area contributed by atoms with E-state index >= 15 is 0 Å². The highest BCUT2D eigenvalue weighted by Crippen LogP contribution is 2.26. The molecule has 0 fully saturated rings. The van der Waals surface area contributed by atoms with Gasteiger partial charge in [0.15, 0.2) is 0 Å². The highest BCUT2D eigenvalue weighted by atomic mass is 16.6. The van der Waals surface area contributed by atoms with Crippen LogP contribution in [-0.4, -0.2) is 21.0 Å². The fourth-order valence-electron chi connectivity index (χ4n) is 1.71. The van der Waals surface area contributed by atoms with Crippen LogP contribution in [0, 0.1) is 17.0 Å². The van der Waals surface area contributed by atoms with E-state index in [1.807, 2.05) is 6.92 Å². The fourth-order valence-corrected chi connectivity index (χ4v) is 1.71. The summed E-state index contributed by atoms with van der Waals surface area (Å²) >= 11 is 0. The van der Waals surface area contributed by atoms with Crippen LogP contribution < -0.4 is 5.32 Å². The minimum atomic E-state index is -1.16. The predicted molar refractivity (Wildman–Crippen MR) is 72.3 cm³/mol. The second kappa shape index (κ2) is 5.35. The number of nitrogens with zero attached hydrogens (tertiary/aromatic N) is 2. The van der Waals surface area contributed by atoms with Gasteiger partial charge in [-0.2, -0.15) is 0 Å². The van der Waals surface area contributed by atoms with E-state index in [9.17, 15) is 14.9 Å². The molecule has 102 valence electrons. The summed E-state index contributed by atoms with van der Waals surface area (Å²) in [6.07, 6.45) is 3.16. The number of nitro groups is 1. The Balaban J connectivity index is 2.44. The Morgan fingerprint density at radius 3 is 2.70 bits per heavy atom. The van der Waals surface area contributed by atoms with E-state index in [1.54, 1.807) is 12.3 Å². The Morgan fingerprint density at radius 2 is 2.10 bits per heavy atom. The van der Waals surface area contributed by atoms with Crippen LogP contribution in [0.5, 0.6) is 0 Å². The third kappa shape index (κ3) is 2.89.